The van der Waals surface area contributed by atoms with Gasteiger partial charge in [0.25, 0.3) is 0 Å². The van der Waals surface area contributed by atoms with Crippen LogP contribution < -0.4 is 10.6 Å². The molecule has 0 fully saturated rings. The molecule has 176 valence electrons. The van der Waals surface area contributed by atoms with Crippen LogP contribution in [0.4, 0.5) is 43.9 Å². The number of hydrogen-bond donors (Lipinski definition) is 4. The summed E-state index contributed by atoms with van der Waals surface area (Å²) in [5.41, 5.74) is -2.45. The fourth-order valence-electron chi connectivity index (χ4n) is 2.52. The van der Waals surface area contributed by atoms with Crippen molar-refractivity contribution < 1.29 is 36.6 Å². The topological polar surface area (TPSA) is 116 Å². The second kappa shape index (κ2) is 9.54. The van der Waals surface area contributed by atoms with Gasteiger partial charge in [0, 0.05) is 12.2 Å². The second-order valence-corrected chi connectivity index (χ2v) is 6.63. The number of aliphatic hydroxyl groups is 2. The summed E-state index contributed by atoms with van der Waals surface area (Å²) >= 11 is 0. The van der Waals surface area contributed by atoms with E-state index in [1.807, 2.05) is 0 Å². The smallest absolute Gasteiger partial charge is 0.394 e. The second-order valence-electron chi connectivity index (χ2n) is 6.63. The standard InChI is InChI=1S/C19H16F6N6O2/c20-18(21,22)10-3-1-4-11(7-10)27-17-30-15(29-16(31-17)26-8-12(33)9-32)13-5-2-6-14(28-13)19(23,24)25/h1-7,12,32-33H,8-9H2,(H2,26,27,29,30,31). The van der Waals surface area contributed by atoms with Crippen LogP contribution >= 0.6 is 0 Å². The number of pyridine rings is 1. The van der Waals surface area contributed by atoms with Gasteiger partial charge in [0.05, 0.1) is 18.3 Å². The van der Waals surface area contributed by atoms with Crippen molar-refractivity contribution in [3.8, 4) is 11.5 Å². The van der Waals surface area contributed by atoms with Gasteiger partial charge >= 0.3 is 12.4 Å². The summed E-state index contributed by atoms with van der Waals surface area (Å²) in [5.74, 6) is -0.827. The third kappa shape index (κ3) is 6.49. The zero-order valence-electron chi connectivity index (χ0n) is 16.5. The molecule has 2 aromatic heterocycles. The number of halogens is 6. The lowest BCUT2D eigenvalue weighted by molar-refractivity contribution is -0.141. The molecule has 0 aliphatic heterocycles. The van der Waals surface area contributed by atoms with E-state index in [0.717, 1.165) is 30.3 Å². The van der Waals surface area contributed by atoms with Crippen LogP contribution in [0.15, 0.2) is 42.5 Å². The zero-order valence-corrected chi connectivity index (χ0v) is 16.5. The van der Waals surface area contributed by atoms with E-state index in [9.17, 15) is 31.4 Å². The first-order chi connectivity index (χ1) is 15.5. The molecule has 1 aromatic carbocycles. The Bertz CT molecular complexity index is 1110. The molecular weight excluding hydrogens is 458 g/mol. The highest BCUT2D eigenvalue weighted by Crippen LogP contribution is 2.32. The Morgan fingerprint density at radius 3 is 2.21 bits per heavy atom. The molecule has 0 spiro atoms. The van der Waals surface area contributed by atoms with E-state index in [2.05, 4.69) is 30.6 Å². The Labute approximate surface area is 182 Å². The van der Waals surface area contributed by atoms with E-state index in [1.54, 1.807) is 0 Å². The van der Waals surface area contributed by atoms with Crippen LogP contribution in [0.25, 0.3) is 11.5 Å². The summed E-state index contributed by atoms with van der Waals surface area (Å²) in [6.07, 6.45) is -10.5. The van der Waals surface area contributed by atoms with Crippen molar-refractivity contribution in [1.82, 2.24) is 19.9 Å². The molecule has 3 rings (SSSR count). The van der Waals surface area contributed by atoms with Gasteiger partial charge in [-0.1, -0.05) is 12.1 Å². The number of nitrogens with zero attached hydrogens (tertiary/aromatic N) is 4. The quantitative estimate of drug-likeness (QED) is 0.385. The summed E-state index contributed by atoms with van der Waals surface area (Å²) in [5, 5.41) is 23.5. The molecule has 33 heavy (non-hydrogen) atoms. The van der Waals surface area contributed by atoms with Crippen LogP contribution in [0.3, 0.4) is 0 Å². The van der Waals surface area contributed by atoms with Gasteiger partial charge in [-0.2, -0.15) is 41.3 Å². The average molecular weight is 474 g/mol. The van der Waals surface area contributed by atoms with Crippen LogP contribution in [0.5, 0.6) is 0 Å². The van der Waals surface area contributed by atoms with Gasteiger partial charge in [-0.25, -0.2) is 4.98 Å². The van der Waals surface area contributed by atoms with Crippen molar-refractivity contribution in [1.29, 1.82) is 0 Å². The van der Waals surface area contributed by atoms with E-state index in [1.165, 1.54) is 12.1 Å². The Morgan fingerprint density at radius 2 is 1.55 bits per heavy atom. The molecule has 4 N–H and O–H groups in total. The van der Waals surface area contributed by atoms with E-state index in [4.69, 9.17) is 5.11 Å². The zero-order chi connectivity index (χ0) is 24.2. The predicted octanol–water partition coefficient (Wildman–Crippen LogP) is 3.48. The summed E-state index contributed by atoms with van der Waals surface area (Å²) in [6.45, 7) is -0.811. The van der Waals surface area contributed by atoms with Gasteiger partial charge in [0.1, 0.15) is 11.4 Å². The lowest BCUT2D eigenvalue weighted by atomic mass is 10.2. The summed E-state index contributed by atoms with van der Waals surface area (Å²) in [6, 6.07) is 7.18. The van der Waals surface area contributed by atoms with Crippen LogP contribution in [-0.2, 0) is 12.4 Å². The first-order valence-corrected chi connectivity index (χ1v) is 9.23. The maximum atomic E-state index is 13.0. The molecule has 0 amide bonds. The highest BCUT2D eigenvalue weighted by Gasteiger charge is 2.33. The Kier molecular flexibility index (Phi) is 6.98. The number of anilines is 3. The van der Waals surface area contributed by atoms with Crippen molar-refractivity contribution >= 4 is 17.6 Å². The van der Waals surface area contributed by atoms with E-state index in [0.29, 0.717) is 0 Å². The number of alkyl halides is 6. The number of hydrogen-bond acceptors (Lipinski definition) is 8. The third-order valence-corrected chi connectivity index (χ3v) is 4.06. The molecule has 0 radical (unpaired) electrons. The largest absolute Gasteiger partial charge is 0.433 e. The summed E-state index contributed by atoms with van der Waals surface area (Å²) in [7, 11) is 0. The number of benzene rings is 1. The lowest BCUT2D eigenvalue weighted by Crippen LogP contribution is -2.24. The molecule has 0 aliphatic rings. The van der Waals surface area contributed by atoms with Crippen LogP contribution in [0.1, 0.15) is 11.3 Å². The minimum absolute atomic E-state index is 0.0414. The normalized spacial score (nSPS) is 13.0. The van der Waals surface area contributed by atoms with Gasteiger partial charge in [-0.3, -0.25) is 0 Å². The first kappa shape index (κ1) is 24.1. The third-order valence-electron chi connectivity index (χ3n) is 4.06. The molecule has 0 aliphatic carbocycles. The maximum Gasteiger partial charge on any atom is 0.433 e. The van der Waals surface area contributed by atoms with E-state index in [-0.39, 0.29) is 35.6 Å². The fraction of sp³-hybridized carbons (Fsp3) is 0.263. The van der Waals surface area contributed by atoms with Gasteiger partial charge in [-0.15, -0.1) is 0 Å². The van der Waals surface area contributed by atoms with Crippen molar-refractivity contribution in [3.05, 3.63) is 53.7 Å². The molecule has 0 bridgehead atoms. The highest BCUT2D eigenvalue weighted by molar-refractivity contribution is 5.59. The summed E-state index contributed by atoms with van der Waals surface area (Å²) in [4.78, 5) is 15.4. The predicted molar refractivity (Wildman–Crippen MR) is 104 cm³/mol. The monoisotopic (exact) mass is 474 g/mol. The maximum absolute atomic E-state index is 13.0. The average Bonchev–Trinajstić information content (AvgIpc) is 2.76. The van der Waals surface area contributed by atoms with E-state index >= 15 is 0 Å². The minimum Gasteiger partial charge on any atom is -0.394 e. The van der Waals surface area contributed by atoms with Gasteiger partial charge in [0.2, 0.25) is 11.9 Å². The molecule has 2 heterocycles. The van der Waals surface area contributed by atoms with Crippen LogP contribution in [0.2, 0.25) is 0 Å². The van der Waals surface area contributed by atoms with Crippen LogP contribution in [-0.4, -0.2) is 49.4 Å². The molecule has 3 aromatic rings. The number of rotatable bonds is 7. The fourth-order valence-corrected chi connectivity index (χ4v) is 2.52. The van der Waals surface area contributed by atoms with Crippen molar-refractivity contribution in [2.24, 2.45) is 0 Å². The van der Waals surface area contributed by atoms with Gasteiger partial charge in [-0.05, 0) is 30.3 Å². The molecule has 8 nitrogen and oxygen atoms in total. The van der Waals surface area contributed by atoms with Crippen molar-refractivity contribution in [3.63, 3.8) is 0 Å². The number of nitrogens with one attached hydrogen (secondary N) is 2. The van der Waals surface area contributed by atoms with E-state index < -0.39 is 36.3 Å². The Morgan fingerprint density at radius 1 is 0.848 bits per heavy atom. The highest BCUT2D eigenvalue weighted by atomic mass is 19.4. The van der Waals surface area contributed by atoms with Crippen molar-refractivity contribution in [2.75, 3.05) is 23.8 Å². The van der Waals surface area contributed by atoms with Crippen LogP contribution in [0, 0.1) is 0 Å². The molecular formula is C19H16F6N6O2. The molecule has 14 heteroatoms. The van der Waals surface area contributed by atoms with Gasteiger partial charge < -0.3 is 20.8 Å². The molecule has 0 saturated heterocycles. The molecule has 1 atom stereocenters. The molecule has 1 unspecified atom stereocenters. The number of aliphatic hydroxyl groups excluding tert-OH is 2. The SMILES string of the molecule is OCC(O)CNc1nc(Nc2cccc(C(F)(F)F)c2)nc(-c2cccc(C(F)(F)F)n2)n1. The lowest BCUT2D eigenvalue weighted by Gasteiger charge is -2.13. The Hall–Kier alpha value is -3.52. The van der Waals surface area contributed by atoms with Crippen molar-refractivity contribution in [2.45, 2.75) is 18.5 Å². The minimum atomic E-state index is -4.73. The van der Waals surface area contributed by atoms with Gasteiger partial charge in [0.15, 0.2) is 5.82 Å². The molecule has 0 saturated carbocycles. The summed E-state index contributed by atoms with van der Waals surface area (Å²) < 4.78 is 78.0. The number of aromatic nitrogens is 4. The Balaban J connectivity index is 2.00. The first-order valence-electron chi connectivity index (χ1n) is 9.23.